The molecule has 1 aromatic rings. The molecular weight excluding hydrogens is 168 g/mol. The summed E-state index contributed by atoms with van der Waals surface area (Å²) in [7, 11) is 0. The van der Waals surface area contributed by atoms with E-state index in [1.165, 1.54) is 30.4 Å². The van der Waals surface area contributed by atoms with E-state index < -0.39 is 0 Å². The van der Waals surface area contributed by atoms with Gasteiger partial charge in [-0.25, -0.2) is 0 Å². The van der Waals surface area contributed by atoms with Crippen LogP contribution >= 0.6 is 0 Å². The zero-order chi connectivity index (χ0) is 10.4. The molecule has 1 atom stereocenters. The Morgan fingerprint density at radius 2 is 2.21 bits per heavy atom. The molecule has 1 rings (SSSR count). The fraction of sp³-hybridized carbons (Fsp3) is 0.429. The largest absolute Gasteiger partial charge is 0.102 e. The molecule has 14 heavy (non-hydrogen) atoms. The third kappa shape index (κ3) is 3.02. The summed E-state index contributed by atoms with van der Waals surface area (Å²) < 4.78 is 0. The Labute approximate surface area is 87.7 Å². The van der Waals surface area contributed by atoms with Gasteiger partial charge in [-0.2, -0.15) is 0 Å². The van der Waals surface area contributed by atoms with Gasteiger partial charge in [0.15, 0.2) is 0 Å². The molecule has 0 amide bonds. The van der Waals surface area contributed by atoms with Crippen molar-refractivity contribution in [1.82, 2.24) is 0 Å². The summed E-state index contributed by atoms with van der Waals surface area (Å²) in [6.07, 6.45) is 5.75. The lowest BCUT2D eigenvalue weighted by Gasteiger charge is -2.08. The third-order valence-electron chi connectivity index (χ3n) is 2.65. The Kier molecular flexibility index (Phi) is 4.45. The lowest BCUT2D eigenvalue weighted by Crippen LogP contribution is -1.91. The number of hydrogen-bond donors (Lipinski definition) is 0. The van der Waals surface area contributed by atoms with Crippen LogP contribution in [0.3, 0.4) is 0 Å². The lowest BCUT2D eigenvalue weighted by molar-refractivity contribution is 0.792. The minimum atomic E-state index is 0.469. The Bertz CT molecular complexity index is 286. The highest BCUT2D eigenvalue weighted by atomic mass is 14.1. The molecule has 0 bridgehead atoms. The van der Waals surface area contributed by atoms with E-state index in [1.807, 2.05) is 6.08 Å². The van der Waals surface area contributed by atoms with Gasteiger partial charge in [0.25, 0.3) is 0 Å². The summed E-state index contributed by atoms with van der Waals surface area (Å²) in [6.45, 7) is 8.25. The van der Waals surface area contributed by atoms with E-state index in [0.717, 1.165) is 0 Å². The summed E-state index contributed by atoms with van der Waals surface area (Å²) in [5, 5.41) is 0. The van der Waals surface area contributed by atoms with E-state index >= 15 is 0 Å². The molecule has 1 aromatic carbocycles. The van der Waals surface area contributed by atoms with Crippen LogP contribution in [0.2, 0.25) is 0 Å². The first-order valence-corrected chi connectivity index (χ1v) is 5.49. The number of unbranched alkanes of at least 4 members (excludes halogenated alkanes) is 1. The lowest BCUT2D eigenvalue weighted by atomic mass is 9.97. The van der Waals surface area contributed by atoms with Crippen molar-refractivity contribution in [3.8, 4) is 0 Å². The van der Waals surface area contributed by atoms with E-state index in [9.17, 15) is 0 Å². The van der Waals surface area contributed by atoms with E-state index in [2.05, 4.69) is 44.7 Å². The molecule has 0 aliphatic heterocycles. The minimum Gasteiger partial charge on any atom is -0.102 e. The van der Waals surface area contributed by atoms with Gasteiger partial charge in [-0.3, -0.25) is 0 Å². The van der Waals surface area contributed by atoms with Crippen LogP contribution in [0.25, 0.3) is 0 Å². The highest BCUT2D eigenvalue weighted by Crippen LogP contribution is 2.18. The molecule has 0 fully saturated rings. The molecule has 0 heteroatoms. The topological polar surface area (TPSA) is 0 Å². The maximum atomic E-state index is 3.83. The summed E-state index contributed by atoms with van der Waals surface area (Å²) in [5.41, 5.74) is 2.84. The summed E-state index contributed by atoms with van der Waals surface area (Å²) >= 11 is 0. The molecule has 0 saturated carbocycles. The Morgan fingerprint density at radius 3 is 2.86 bits per heavy atom. The maximum absolute atomic E-state index is 3.83. The molecule has 0 spiro atoms. The fourth-order valence-electron chi connectivity index (χ4n) is 1.55. The van der Waals surface area contributed by atoms with Crippen molar-refractivity contribution in [2.75, 3.05) is 0 Å². The molecule has 0 nitrogen and oxygen atoms in total. The van der Waals surface area contributed by atoms with Crippen LogP contribution in [0, 0.1) is 0 Å². The van der Waals surface area contributed by atoms with Gasteiger partial charge in [0.05, 0.1) is 0 Å². The monoisotopic (exact) mass is 188 g/mol. The van der Waals surface area contributed by atoms with Crippen LogP contribution in [0.5, 0.6) is 0 Å². The van der Waals surface area contributed by atoms with E-state index in [4.69, 9.17) is 0 Å². The fourth-order valence-corrected chi connectivity index (χ4v) is 1.55. The quantitative estimate of drug-likeness (QED) is 0.604. The average molecular weight is 188 g/mol. The van der Waals surface area contributed by atoms with E-state index in [1.54, 1.807) is 0 Å². The van der Waals surface area contributed by atoms with Crippen LogP contribution in [-0.4, -0.2) is 0 Å². The SMILES string of the molecule is C=CC(C)c1cccc(CCCC)c1. The highest BCUT2D eigenvalue weighted by molar-refractivity contribution is 5.28. The number of allylic oxidation sites excluding steroid dienone is 1. The average Bonchev–Trinajstić information content (AvgIpc) is 2.25. The summed E-state index contributed by atoms with van der Waals surface area (Å²) in [6, 6.07) is 8.86. The number of hydrogen-bond acceptors (Lipinski definition) is 0. The first-order chi connectivity index (χ1) is 6.77. The zero-order valence-electron chi connectivity index (χ0n) is 9.29. The molecule has 0 aromatic heterocycles. The van der Waals surface area contributed by atoms with Gasteiger partial charge in [-0.15, -0.1) is 6.58 Å². The van der Waals surface area contributed by atoms with Crippen LogP contribution < -0.4 is 0 Å². The predicted molar refractivity (Wildman–Crippen MR) is 63.7 cm³/mol. The van der Waals surface area contributed by atoms with Crippen LogP contribution in [0.1, 0.15) is 43.7 Å². The second-order valence-corrected chi connectivity index (χ2v) is 3.87. The summed E-state index contributed by atoms with van der Waals surface area (Å²) in [4.78, 5) is 0. The first-order valence-electron chi connectivity index (χ1n) is 5.49. The molecule has 0 saturated heterocycles. The van der Waals surface area contributed by atoms with Gasteiger partial charge >= 0.3 is 0 Å². The van der Waals surface area contributed by atoms with Crippen LogP contribution in [0.4, 0.5) is 0 Å². The molecular formula is C14H20. The standard InChI is InChI=1S/C14H20/c1-4-6-8-13-9-7-10-14(11-13)12(3)5-2/h5,7,9-12H,2,4,6,8H2,1,3H3. The molecule has 0 heterocycles. The Morgan fingerprint density at radius 1 is 1.43 bits per heavy atom. The minimum absolute atomic E-state index is 0.469. The molecule has 0 aliphatic carbocycles. The molecule has 0 N–H and O–H groups in total. The number of aryl methyl sites for hydroxylation is 1. The van der Waals surface area contributed by atoms with Gasteiger partial charge in [-0.05, 0) is 29.9 Å². The van der Waals surface area contributed by atoms with Crippen molar-refractivity contribution in [2.24, 2.45) is 0 Å². The van der Waals surface area contributed by atoms with Gasteiger partial charge in [0.1, 0.15) is 0 Å². The van der Waals surface area contributed by atoms with Gasteiger partial charge in [0, 0.05) is 0 Å². The molecule has 1 unspecified atom stereocenters. The van der Waals surface area contributed by atoms with Crippen molar-refractivity contribution in [3.05, 3.63) is 48.0 Å². The molecule has 0 aliphatic rings. The Balaban J connectivity index is 2.73. The van der Waals surface area contributed by atoms with Gasteiger partial charge < -0.3 is 0 Å². The van der Waals surface area contributed by atoms with Crippen molar-refractivity contribution < 1.29 is 0 Å². The molecule has 76 valence electrons. The van der Waals surface area contributed by atoms with Gasteiger partial charge in [-0.1, -0.05) is 50.6 Å². The summed E-state index contributed by atoms with van der Waals surface area (Å²) in [5.74, 6) is 0.469. The number of benzene rings is 1. The molecule has 0 radical (unpaired) electrons. The van der Waals surface area contributed by atoms with Crippen molar-refractivity contribution >= 4 is 0 Å². The maximum Gasteiger partial charge on any atom is -0.00130 e. The third-order valence-corrected chi connectivity index (χ3v) is 2.65. The Hall–Kier alpha value is -1.04. The van der Waals surface area contributed by atoms with Crippen LogP contribution in [-0.2, 0) is 6.42 Å². The number of rotatable bonds is 5. The van der Waals surface area contributed by atoms with E-state index in [-0.39, 0.29) is 0 Å². The predicted octanol–water partition coefficient (Wildman–Crippen LogP) is 4.32. The zero-order valence-corrected chi connectivity index (χ0v) is 9.29. The van der Waals surface area contributed by atoms with Gasteiger partial charge in [0.2, 0.25) is 0 Å². The first kappa shape index (κ1) is 11.0. The van der Waals surface area contributed by atoms with E-state index in [0.29, 0.717) is 5.92 Å². The van der Waals surface area contributed by atoms with Crippen LogP contribution in [0.15, 0.2) is 36.9 Å². The van der Waals surface area contributed by atoms with Crippen molar-refractivity contribution in [2.45, 2.75) is 39.0 Å². The highest BCUT2D eigenvalue weighted by Gasteiger charge is 2.01. The van der Waals surface area contributed by atoms with Crippen molar-refractivity contribution in [3.63, 3.8) is 0 Å². The smallest absolute Gasteiger partial charge is 0.00130 e. The second kappa shape index (κ2) is 5.64. The normalized spacial score (nSPS) is 12.4. The second-order valence-electron chi connectivity index (χ2n) is 3.87. The van der Waals surface area contributed by atoms with Crippen molar-refractivity contribution in [1.29, 1.82) is 0 Å².